The fraction of sp³-hybridized carbons (Fsp3) is 0. The van der Waals surface area contributed by atoms with Crippen molar-refractivity contribution in [3.63, 3.8) is 0 Å². The third-order valence-corrected chi connectivity index (χ3v) is 2.66. The Morgan fingerprint density at radius 2 is 2.10 bits per heavy atom. The Morgan fingerprint density at radius 3 is 2.62 bits per heavy atom. The number of nitrogens with zero attached hydrogens (tertiary/aromatic N) is 5. The van der Waals surface area contributed by atoms with Crippen LogP contribution in [0.25, 0.3) is 5.69 Å². The summed E-state index contributed by atoms with van der Waals surface area (Å²) in [4.78, 5) is 24.9. The van der Waals surface area contributed by atoms with E-state index in [1.807, 2.05) is 0 Å². The molecule has 0 aliphatic rings. The van der Waals surface area contributed by atoms with E-state index in [-0.39, 0.29) is 22.6 Å². The second-order valence-corrected chi connectivity index (χ2v) is 3.80. The van der Waals surface area contributed by atoms with Gasteiger partial charge < -0.3 is 5.11 Å². The average molecular weight is 283 g/mol. The van der Waals surface area contributed by atoms with Crippen molar-refractivity contribution >= 4 is 11.7 Å². The van der Waals surface area contributed by atoms with Crippen LogP contribution in [0.3, 0.4) is 0 Å². The minimum atomic E-state index is -1.40. The van der Waals surface area contributed by atoms with Crippen LogP contribution in [0.1, 0.15) is 21.7 Å². The number of carboxylic acids is 1. The van der Waals surface area contributed by atoms with Gasteiger partial charge in [-0.2, -0.15) is 10.5 Å². The maximum absolute atomic E-state index is 11.2. The molecule has 2 aromatic rings. The molecule has 9 nitrogen and oxygen atoms in total. The van der Waals surface area contributed by atoms with Crippen LogP contribution < -0.4 is 0 Å². The summed E-state index contributed by atoms with van der Waals surface area (Å²) < 4.78 is 1.10. The van der Waals surface area contributed by atoms with Gasteiger partial charge in [0.15, 0.2) is 11.4 Å². The Morgan fingerprint density at radius 1 is 1.38 bits per heavy atom. The van der Waals surface area contributed by atoms with E-state index >= 15 is 0 Å². The molecule has 1 N–H and O–H groups in total. The normalized spacial score (nSPS) is 9.62. The number of aromatic carboxylic acids is 1. The van der Waals surface area contributed by atoms with E-state index in [1.165, 1.54) is 6.07 Å². The number of rotatable bonds is 3. The van der Waals surface area contributed by atoms with Crippen molar-refractivity contribution in [3.8, 4) is 17.8 Å². The summed E-state index contributed by atoms with van der Waals surface area (Å²) in [5, 5.41) is 37.7. The smallest absolute Gasteiger partial charge is 0.338 e. The van der Waals surface area contributed by atoms with Crippen LogP contribution in [-0.4, -0.2) is 25.6 Å². The van der Waals surface area contributed by atoms with Crippen LogP contribution in [0.15, 0.2) is 24.5 Å². The number of carbonyl (C=O) groups is 1. The molecule has 102 valence electrons. The number of nitro groups is 1. The molecule has 0 bridgehead atoms. The molecule has 0 aliphatic carbocycles. The molecular formula is C12H5N5O4. The largest absolute Gasteiger partial charge is 0.478 e. The van der Waals surface area contributed by atoms with Gasteiger partial charge in [0.05, 0.1) is 16.2 Å². The van der Waals surface area contributed by atoms with Gasteiger partial charge in [-0.15, -0.1) is 0 Å². The van der Waals surface area contributed by atoms with E-state index in [0.29, 0.717) is 0 Å². The van der Waals surface area contributed by atoms with E-state index in [0.717, 1.165) is 23.0 Å². The quantitative estimate of drug-likeness (QED) is 0.657. The Balaban J connectivity index is 2.74. The van der Waals surface area contributed by atoms with Gasteiger partial charge in [-0.05, 0) is 6.07 Å². The van der Waals surface area contributed by atoms with Crippen molar-refractivity contribution in [3.05, 3.63) is 51.6 Å². The monoisotopic (exact) mass is 283 g/mol. The summed E-state index contributed by atoms with van der Waals surface area (Å²) in [7, 11) is 0. The van der Waals surface area contributed by atoms with E-state index < -0.39 is 16.6 Å². The zero-order chi connectivity index (χ0) is 15.6. The van der Waals surface area contributed by atoms with E-state index in [1.54, 1.807) is 12.1 Å². The molecule has 1 aromatic heterocycles. The predicted molar refractivity (Wildman–Crippen MR) is 66.6 cm³/mol. The van der Waals surface area contributed by atoms with Crippen molar-refractivity contribution in [1.29, 1.82) is 10.5 Å². The number of non-ortho nitro benzene ring substituents is 1. The van der Waals surface area contributed by atoms with Crippen molar-refractivity contribution in [2.75, 3.05) is 0 Å². The fourth-order valence-electron chi connectivity index (χ4n) is 1.74. The van der Waals surface area contributed by atoms with Gasteiger partial charge in [0.2, 0.25) is 0 Å². The summed E-state index contributed by atoms with van der Waals surface area (Å²) in [5.41, 5.74) is -1.06. The second-order valence-electron chi connectivity index (χ2n) is 3.80. The summed E-state index contributed by atoms with van der Waals surface area (Å²) in [6.45, 7) is 0. The number of nitriles is 2. The van der Waals surface area contributed by atoms with Gasteiger partial charge in [0.25, 0.3) is 5.69 Å². The standard InChI is InChI=1S/C12H5N5O4/c13-4-9-11(5-14)16(6-15-9)10-2-1-7(17(20)21)3-8(10)12(18)19/h1-3,6H,(H,18,19). The lowest BCUT2D eigenvalue weighted by Crippen LogP contribution is -2.07. The molecule has 0 unspecified atom stereocenters. The number of hydrogen-bond acceptors (Lipinski definition) is 6. The molecule has 0 fully saturated rings. The minimum Gasteiger partial charge on any atom is -0.478 e. The molecule has 0 aliphatic heterocycles. The molecule has 2 rings (SSSR count). The average Bonchev–Trinajstić information content (AvgIpc) is 2.88. The lowest BCUT2D eigenvalue weighted by Gasteiger charge is -2.07. The van der Waals surface area contributed by atoms with Gasteiger partial charge in [0.1, 0.15) is 18.5 Å². The van der Waals surface area contributed by atoms with Gasteiger partial charge >= 0.3 is 5.97 Å². The van der Waals surface area contributed by atoms with Crippen LogP contribution in [0.5, 0.6) is 0 Å². The number of hydrogen-bond donors (Lipinski definition) is 1. The topological polar surface area (TPSA) is 146 Å². The van der Waals surface area contributed by atoms with Crippen LogP contribution in [0.2, 0.25) is 0 Å². The SMILES string of the molecule is N#Cc1ncn(-c2ccc([N+](=O)[O-])cc2C(=O)O)c1C#N. The predicted octanol–water partition coefficient (Wildman–Crippen LogP) is 1.22. The molecule has 0 saturated carbocycles. The first-order chi connectivity index (χ1) is 9.99. The third kappa shape index (κ3) is 2.27. The third-order valence-electron chi connectivity index (χ3n) is 2.66. The zero-order valence-corrected chi connectivity index (χ0v) is 10.2. The molecule has 0 saturated heterocycles. The highest BCUT2D eigenvalue weighted by Crippen LogP contribution is 2.23. The highest BCUT2D eigenvalue weighted by Gasteiger charge is 2.20. The first kappa shape index (κ1) is 13.7. The minimum absolute atomic E-state index is 0.0126. The maximum Gasteiger partial charge on any atom is 0.338 e. The molecule has 0 spiro atoms. The van der Waals surface area contributed by atoms with Crippen molar-refractivity contribution in [2.24, 2.45) is 0 Å². The Hall–Kier alpha value is -3.72. The second kappa shape index (κ2) is 5.11. The van der Waals surface area contributed by atoms with E-state index in [4.69, 9.17) is 15.6 Å². The molecule has 0 amide bonds. The summed E-state index contributed by atoms with van der Waals surface area (Å²) >= 11 is 0. The van der Waals surface area contributed by atoms with E-state index in [9.17, 15) is 14.9 Å². The molecule has 0 atom stereocenters. The summed E-state index contributed by atoms with van der Waals surface area (Å²) in [5.74, 6) is -1.40. The lowest BCUT2D eigenvalue weighted by atomic mass is 10.1. The Bertz CT molecular complexity index is 840. The van der Waals surface area contributed by atoms with Gasteiger partial charge in [0, 0.05) is 12.1 Å². The van der Waals surface area contributed by atoms with Crippen molar-refractivity contribution < 1.29 is 14.8 Å². The molecule has 21 heavy (non-hydrogen) atoms. The van der Waals surface area contributed by atoms with Crippen LogP contribution in [0, 0.1) is 32.8 Å². The Kier molecular flexibility index (Phi) is 3.33. The molecule has 1 heterocycles. The maximum atomic E-state index is 11.2. The van der Waals surface area contributed by atoms with Crippen molar-refractivity contribution in [1.82, 2.24) is 9.55 Å². The molecule has 0 radical (unpaired) electrons. The number of imidazole rings is 1. The first-order valence-corrected chi connectivity index (χ1v) is 5.39. The molecular weight excluding hydrogens is 278 g/mol. The summed E-state index contributed by atoms with van der Waals surface area (Å²) in [6, 6.07) is 6.62. The number of aromatic nitrogens is 2. The highest BCUT2D eigenvalue weighted by atomic mass is 16.6. The van der Waals surface area contributed by atoms with Gasteiger partial charge in [-0.1, -0.05) is 0 Å². The van der Waals surface area contributed by atoms with Crippen molar-refractivity contribution in [2.45, 2.75) is 0 Å². The first-order valence-electron chi connectivity index (χ1n) is 5.39. The highest BCUT2D eigenvalue weighted by molar-refractivity contribution is 5.93. The van der Waals surface area contributed by atoms with Gasteiger partial charge in [-0.25, -0.2) is 9.78 Å². The lowest BCUT2D eigenvalue weighted by molar-refractivity contribution is -0.384. The van der Waals surface area contributed by atoms with Crippen LogP contribution >= 0.6 is 0 Å². The van der Waals surface area contributed by atoms with E-state index in [2.05, 4.69) is 4.98 Å². The van der Waals surface area contributed by atoms with Crippen LogP contribution in [-0.2, 0) is 0 Å². The van der Waals surface area contributed by atoms with Crippen LogP contribution in [0.4, 0.5) is 5.69 Å². The number of benzene rings is 1. The summed E-state index contributed by atoms with van der Waals surface area (Å²) in [6.07, 6.45) is 1.12. The zero-order valence-electron chi connectivity index (χ0n) is 10.2. The number of nitro benzene ring substituents is 1. The Labute approximate surface area is 117 Å². The van der Waals surface area contributed by atoms with Gasteiger partial charge in [-0.3, -0.25) is 14.7 Å². The fourth-order valence-corrected chi connectivity index (χ4v) is 1.74. The molecule has 1 aromatic carbocycles. The number of carboxylic acid groups (broad SMARTS) is 1. The molecule has 9 heteroatoms.